The summed E-state index contributed by atoms with van der Waals surface area (Å²) in [5.41, 5.74) is 1.49. The molecule has 0 saturated heterocycles. The van der Waals surface area contributed by atoms with Gasteiger partial charge in [-0.1, -0.05) is 26.8 Å². The van der Waals surface area contributed by atoms with Crippen LogP contribution in [-0.4, -0.2) is 12.1 Å². The van der Waals surface area contributed by atoms with E-state index in [0.29, 0.717) is 0 Å². The maximum atomic E-state index is 5.46. The first-order valence-corrected chi connectivity index (χ1v) is 4.20. The quantitative estimate of drug-likeness (QED) is 0.389. The second-order valence-corrected chi connectivity index (χ2v) is 3.98. The van der Waals surface area contributed by atoms with Crippen LogP contribution in [0.25, 0.3) is 0 Å². The lowest BCUT2D eigenvalue weighted by atomic mass is 9.86. The number of nitrogens with zero attached hydrogens (tertiary/aromatic N) is 1. The van der Waals surface area contributed by atoms with E-state index in [1.54, 1.807) is 5.01 Å². The molecule has 12 heavy (non-hydrogen) atoms. The summed E-state index contributed by atoms with van der Waals surface area (Å²) >= 11 is 0. The molecule has 2 nitrogen and oxygen atoms in total. The molecule has 0 aromatic heterocycles. The molecule has 2 heteroatoms. The summed E-state index contributed by atoms with van der Waals surface area (Å²) in [5, 5.41) is 1.55. The summed E-state index contributed by atoms with van der Waals surface area (Å²) in [6.07, 6.45) is 6.01. The van der Waals surface area contributed by atoms with Crippen LogP contribution in [0.15, 0.2) is 23.9 Å². The zero-order valence-corrected chi connectivity index (χ0v) is 8.76. The van der Waals surface area contributed by atoms with Crippen molar-refractivity contribution in [1.82, 2.24) is 5.01 Å². The van der Waals surface area contributed by atoms with Crippen LogP contribution in [0, 0.1) is 5.41 Å². The normalized spacial score (nSPS) is 14.0. The maximum absolute atomic E-state index is 5.46. The van der Waals surface area contributed by atoms with Gasteiger partial charge in [0, 0.05) is 13.2 Å². The molecule has 0 aromatic carbocycles. The topological polar surface area (TPSA) is 29.3 Å². The van der Waals surface area contributed by atoms with Crippen LogP contribution in [0.2, 0.25) is 0 Å². The zero-order chi connectivity index (χ0) is 9.78. The third-order valence-corrected chi connectivity index (χ3v) is 1.67. The molecule has 2 N–H and O–H groups in total. The van der Waals surface area contributed by atoms with Crippen LogP contribution < -0.4 is 5.84 Å². The van der Waals surface area contributed by atoms with Gasteiger partial charge in [0.05, 0.1) is 0 Å². The lowest BCUT2D eigenvalue weighted by Crippen LogP contribution is -2.19. The second kappa shape index (κ2) is 4.31. The van der Waals surface area contributed by atoms with E-state index in [1.807, 2.05) is 26.2 Å². The monoisotopic (exact) mass is 168 g/mol. The third-order valence-electron chi connectivity index (χ3n) is 1.67. The van der Waals surface area contributed by atoms with Crippen LogP contribution in [0.4, 0.5) is 0 Å². The SMILES string of the molecule is C/C=C(\C=C/N(C)N)C(C)(C)C. The van der Waals surface area contributed by atoms with Gasteiger partial charge in [-0.15, -0.1) is 0 Å². The van der Waals surface area contributed by atoms with Gasteiger partial charge < -0.3 is 5.01 Å². The lowest BCUT2D eigenvalue weighted by molar-refractivity contribution is 0.477. The fraction of sp³-hybridized carbons (Fsp3) is 0.600. The van der Waals surface area contributed by atoms with Crippen molar-refractivity contribution in [3.05, 3.63) is 23.9 Å². The molecule has 0 aliphatic heterocycles. The molecule has 70 valence electrons. The molecular formula is C10H20N2. The lowest BCUT2D eigenvalue weighted by Gasteiger charge is -2.20. The molecule has 0 amide bonds. The third kappa shape index (κ3) is 4.19. The van der Waals surface area contributed by atoms with E-state index in [-0.39, 0.29) is 5.41 Å². The van der Waals surface area contributed by atoms with Gasteiger partial charge in [-0.05, 0) is 24.0 Å². The van der Waals surface area contributed by atoms with E-state index in [4.69, 9.17) is 5.84 Å². The largest absolute Gasteiger partial charge is 0.321 e. The van der Waals surface area contributed by atoms with Crippen LogP contribution >= 0.6 is 0 Å². The molecule has 0 atom stereocenters. The van der Waals surface area contributed by atoms with Crippen LogP contribution in [0.1, 0.15) is 27.7 Å². The van der Waals surface area contributed by atoms with E-state index >= 15 is 0 Å². The first kappa shape index (κ1) is 11.2. The standard InChI is InChI=1S/C10H20N2/c1-6-9(10(2,3)4)7-8-12(5)11/h6-8H,11H2,1-5H3/b8-7-,9-6+. The first-order valence-electron chi connectivity index (χ1n) is 4.20. The summed E-state index contributed by atoms with van der Waals surface area (Å²) < 4.78 is 0. The van der Waals surface area contributed by atoms with Crippen LogP contribution in [-0.2, 0) is 0 Å². The van der Waals surface area contributed by atoms with E-state index in [9.17, 15) is 0 Å². The van der Waals surface area contributed by atoms with Crippen molar-refractivity contribution in [2.24, 2.45) is 11.3 Å². The highest BCUT2D eigenvalue weighted by atomic mass is 15.4. The van der Waals surface area contributed by atoms with Gasteiger partial charge in [-0.2, -0.15) is 0 Å². The number of allylic oxidation sites excluding steroid dienone is 3. The Labute approximate surface area is 75.7 Å². The Bertz CT molecular complexity index is 183. The second-order valence-electron chi connectivity index (χ2n) is 3.98. The average molecular weight is 168 g/mol. The van der Waals surface area contributed by atoms with Crippen molar-refractivity contribution in [1.29, 1.82) is 0 Å². The first-order chi connectivity index (χ1) is 5.38. The van der Waals surface area contributed by atoms with E-state index in [1.165, 1.54) is 5.57 Å². The maximum Gasteiger partial charge on any atom is 0.0222 e. The molecule has 0 unspecified atom stereocenters. The van der Waals surface area contributed by atoms with E-state index in [2.05, 4.69) is 26.8 Å². The Morgan fingerprint density at radius 3 is 2.08 bits per heavy atom. The van der Waals surface area contributed by atoms with Gasteiger partial charge in [-0.25, -0.2) is 5.84 Å². The summed E-state index contributed by atoms with van der Waals surface area (Å²) in [7, 11) is 1.81. The summed E-state index contributed by atoms with van der Waals surface area (Å²) in [5.74, 6) is 5.46. The molecule has 0 aromatic rings. The van der Waals surface area contributed by atoms with Gasteiger partial charge in [-0.3, -0.25) is 0 Å². The number of hydrogen-bond donors (Lipinski definition) is 1. The number of hydrazine groups is 1. The van der Waals surface area contributed by atoms with Crippen molar-refractivity contribution in [2.75, 3.05) is 7.05 Å². The summed E-state index contributed by atoms with van der Waals surface area (Å²) in [4.78, 5) is 0. The smallest absolute Gasteiger partial charge is 0.0222 e. The number of hydrogen-bond acceptors (Lipinski definition) is 2. The molecule has 0 aliphatic rings. The number of nitrogens with two attached hydrogens (primary N) is 1. The highest BCUT2D eigenvalue weighted by Gasteiger charge is 2.12. The Hall–Kier alpha value is -0.760. The predicted molar refractivity (Wildman–Crippen MR) is 54.3 cm³/mol. The summed E-state index contributed by atoms with van der Waals surface area (Å²) in [6.45, 7) is 8.59. The van der Waals surface area contributed by atoms with E-state index in [0.717, 1.165) is 0 Å². The van der Waals surface area contributed by atoms with Crippen LogP contribution in [0.5, 0.6) is 0 Å². The van der Waals surface area contributed by atoms with Gasteiger partial charge in [0.1, 0.15) is 0 Å². The minimum atomic E-state index is 0.196. The van der Waals surface area contributed by atoms with Crippen molar-refractivity contribution in [3.63, 3.8) is 0 Å². The van der Waals surface area contributed by atoms with Crippen LogP contribution in [0.3, 0.4) is 0 Å². The highest BCUT2D eigenvalue weighted by Crippen LogP contribution is 2.25. The summed E-state index contributed by atoms with van der Waals surface area (Å²) in [6, 6.07) is 0. The Morgan fingerprint density at radius 1 is 1.33 bits per heavy atom. The van der Waals surface area contributed by atoms with Gasteiger partial charge in [0.25, 0.3) is 0 Å². The van der Waals surface area contributed by atoms with Gasteiger partial charge >= 0.3 is 0 Å². The van der Waals surface area contributed by atoms with Crippen molar-refractivity contribution in [2.45, 2.75) is 27.7 Å². The molecule has 0 bridgehead atoms. The number of rotatable bonds is 2. The minimum absolute atomic E-state index is 0.196. The molecule has 0 fully saturated rings. The Morgan fingerprint density at radius 2 is 1.83 bits per heavy atom. The van der Waals surface area contributed by atoms with Crippen molar-refractivity contribution in [3.8, 4) is 0 Å². The Balaban J connectivity index is 4.42. The van der Waals surface area contributed by atoms with E-state index < -0.39 is 0 Å². The molecule has 0 spiro atoms. The zero-order valence-electron chi connectivity index (χ0n) is 8.76. The molecule has 0 heterocycles. The Kier molecular flexibility index (Phi) is 4.04. The molecule has 0 saturated carbocycles. The molecule has 0 rings (SSSR count). The molecule has 0 radical (unpaired) electrons. The highest BCUT2D eigenvalue weighted by molar-refractivity contribution is 5.23. The fourth-order valence-electron chi connectivity index (χ4n) is 0.977. The van der Waals surface area contributed by atoms with Crippen molar-refractivity contribution < 1.29 is 0 Å². The van der Waals surface area contributed by atoms with Crippen molar-refractivity contribution >= 4 is 0 Å². The predicted octanol–water partition coefficient (Wildman–Crippen LogP) is 2.30. The minimum Gasteiger partial charge on any atom is -0.321 e. The molecular weight excluding hydrogens is 148 g/mol. The van der Waals surface area contributed by atoms with Gasteiger partial charge in [0.15, 0.2) is 0 Å². The molecule has 0 aliphatic carbocycles. The average Bonchev–Trinajstić information content (AvgIpc) is 1.85. The fourth-order valence-corrected chi connectivity index (χ4v) is 0.977. The van der Waals surface area contributed by atoms with Gasteiger partial charge in [0.2, 0.25) is 0 Å².